The van der Waals surface area contributed by atoms with Crippen LogP contribution in [0, 0.1) is 0 Å². The Morgan fingerprint density at radius 2 is 0.235 bits per heavy atom. The minimum atomic E-state index is 1.16. The van der Waals surface area contributed by atoms with E-state index in [9.17, 15) is 0 Å². The van der Waals surface area contributed by atoms with Crippen LogP contribution in [0.5, 0.6) is 0 Å². The van der Waals surface area contributed by atoms with Gasteiger partial charge in [-0.1, -0.05) is 346 Å². The summed E-state index contributed by atoms with van der Waals surface area (Å²) in [6, 6.07) is 205. The Hall–Kier alpha value is -19.9. The van der Waals surface area contributed by atoms with E-state index >= 15 is 0 Å². The van der Waals surface area contributed by atoms with E-state index in [0.29, 0.717) is 0 Å². The molecule has 7 heteroatoms. The lowest BCUT2D eigenvalue weighted by Crippen LogP contribution is -1.94. The van der Waals surface area contributed by atoms with Gasteiger partial charge in [-0.25, -0.2) is 0 Å². The Morgan fingerprint density at radius 3 is 0.470 bits per heavy atom. The third kappa shape index (κ3) is 14.6. The van der Waals surface area contributed by atoms with Gasteiger partial charge in [-0.15, -0.1) is 0 Å². The van der Waals surface area contributed by atoms with E-state index in [1.807, 2.05) is 0 Å². The van der Waals surface area contributed by atoms with E-state index in [2.05, 4.69) is 596 Å². The number of hydrogen-bond donors (Lipinski definition) is 0. The van der Waals surface area contributed by atoms with Crippen LogP contribution in [0.3, 0.4) is 0 Å². The minimum Gasteiger partial charge on any atom is -0.309 e. The fraction of sp³-hybridized carbons (Fsp3) is 0. The third-order valence-corrected chi connectivity index (χ3v) is 30.6. The zero-order chi connectivity index (χ0) is 98.1. The van der Waals surface area contributed by atoms with E-state index in [-0.39, 0.29) is 0 Å². The highest BCUT2D eigenvalue weighted by Gasteiger charge is 2.25. The molecule has 7 heterocycles. The van der Waals surface area contributed by atoms with Gasteiger partial charge < -0.3 is 32.0 Å². The van der Waals surface area contributed by atoms with Crippen LogP contribution in [0.4, 0.5) is 0 Å². The highest BCUT2D eigenvalue weighted by Crippen LogP contribution is 2.47. The summed E-state index contributed by atoms with van der Waals surface area (Å²) in [5.74, 6) is 0. The molecule has 24 aromatic carbocycles. The molecule has 0 unspecified atom stereocenters. The Bertz CT molecular complexity index is 10300. The second kappa shape index (κ2) is 35.6. The van der Waals surface area contributed by atoms with Gasteiger partial charge in [0.2, 0.25) is 0 Å². The smallest absolute Gasteiger partial charge is 0.0541 e. The van der Waals surface area contributed by atoms with Gasteiger partial charge in [0.1, 0.15) is 0 Å². The zero-order valence-corrected chi connectivity index (χ0v) is 81.3. The van der Waals surface area contributed by atoms with E-state index in [0.717, 1.165) is 17.1 Å². The molecular weight excluding hydrogens is 1800 g/mol. The molecule has 149 heavy (non-hydrogen) atoms. The van der Waals surface area contributed by atoms with Gasteiger partial charge in [0.15, 0.2) is 0 Å². The van der Waals surface area contributed by atoms with Crippen LogP contribution in [-0.4, -0.2) is 32.0 Å². The molecule has 7 aromatic heterocycles. The van der Waals surface area contributed by atoms with E-state index < -0.39 is 0 Å². The molecule has 0 fully saturated rings. The van der Waals surface area contributed by atoms with Crippen LogP contribution < -0.4 is 0 Å². The fourth-order valence-electron chi connectivity index (χ4n) is 23.7. The molecular formula is C142H93N7. The minimum absolute atomic E-state index is 1.16. The molecule has 31 rings (SSSR count). The molecule has 696 valence electrons. The van der Waals surface area contributed by atoms with Crippen molar-refractivity contribution in [1.82, 2.24) is 32.0 Å². The largest absolute Gasteiger partial charge is 0.309 e. The Balaban J connectivity index is 0.000000106. The molecule has 0 N–H and O–H groups in total. The van der Waals surface area contributed by atoms with E-state index in [1.165, 1.54) is 253 Å². The molecule has 0 saturated carbocycles. The van der Waals surface area contributed by atoms with Crippen LogP contribution >= 0.6 is 0 Å². The van der Waals surface area contributed by atoms with Crippen LogP contribution in [0.25, 0.3) is 270 Å². The van der Waals surface area contributed by atoms with Gasteiger partial charge in [-0.3, -0.25) is 0 Å². The van der Waals surface area contributed by atoms with Gasteiger partial charge in [-0.2, -0.15) is 0 Å². The lowest BCUT2D eigenvalue weighted by atomic mass is 9.98. The number of hydrogen-bond acceptors (Lipinski definition) is 0. The van der Waals surface area contributed by atoms with E-state index in [4.69, 9.17) is 0 Å². The lowest BCUT2D eigenvalue weighted by molar-refractivity contribution is 1.18. The molecule has 7 nitrogen and oxygen atoms in total. The predicted octanol–water partition coefficient (Wildman–Crippen LogP) is 37.9. The molecule has 0 spiro atoms. The maximum atomic E-state index is 2.41. The summed E-state index contributed by atoms with van der Waals surface area (Å²) >= 11 is 0. The molecule has 0 aliphatic carbocycles. The van der Waals surface area contributed by atoms with Crippen molar-refractivity contribution in [3.05, 3.63) is 564 Å². The topological polar surface area (TPSA) is 34.5 Å². The first-order valence-corrected chi connectivity index (χ1v) is 51.2. The van der Waals surface area contributed by atoms with Crippen molar-refractivity contribution in [2.75, 3.05) is 0 Å². The summed E-state index contributed by atoms with van der Waals surface area (Å²) in [5.41, 5.74) is 39.7. The van der Waals surface area contributed by atoms with Crippen molar-refractivity contribution in [2.24, 2.45) is 0 Å². The quantitative estimate of drug-likeness (QED) is 0.110. The lowest BCUT2D eigenvalue weighted by Gasteiger charge is -2.11. The Morgan fingerprint density at radius 1 is 0.0805 bits per heavy atom. The summed E-state index contributed by atoms with van der Waals surface area (Å²) in [7, 11) is 0. The van der Waals surface area contributed by atoms with Gasteiger partial charge in [0.25, 0.3) is 0 Å². The Kier molecular flexibility index (Phi) is 20.5. The highest BCUT2D eigenvalue weighted by atomic mass is 15.0. The first kappa shape index (κ1) is 85.9. The molecule has 0 saturated heterocycles. The number of rotatable bonds is 13. The van der Waals surface area contributed by atoms with Crippen molar-refractivity contribution in [2.45, 2.75) is 0 Å². The third-order valence-electron chi connectivity index (χ3n) is 30.6. The second-order valence-electron chi connectivity index (χ2n) is 39.0. The fourth-order valence-corrected chi connectivity index (χ4v) is 23.7. The normalized spacial score (nSPS) is 11.8. The zero-order valence-electron chi connectivity index (χ0n) is 81.3. The number of aromatic nitrogens is 7. The highest BCUT2D eigenvalue weighted by molar-refractivity contribution is 6.19. The van der Waals surface area contributed by atoms with Crippen LogP contribution in [0.1, 0.15) is 0 Å². The van der Waals surface area contributed by atoms with Crippen LogP contribution in [-0.2, 0) is 0 Å². The number of fused-ring (bicyclic) bond motifs is 22. The van der Waals surface area contributed by atoms with Gasteiger partial charge in [0.05, 0.1) is 77.2 Å². The molecule has 0 radical (unpaired) electrons. The van der Waals surface area contributed by atoms with Crippen molar-refractivity contribution in [1.29, 1.82) is 0 Å². The standard InChI is InChI=1S/C54H35N3.C48H32N2.C40H26N2/c1-4-14-40(15-5-1)55-49-22-12-10-20-43(49)45-32-36(24-28-51(45)55)38-26-30-53-47(34-38)48-35-39(27-31-54(48)57(53)42-18-8-3-9-19-42)37-25-29-52-46(33-37)44-21-11-13-23-50(44)56(52)41-16-6-2-7-17-41;1-3-11-33(12-4-1)35-19-25-39(26-20-35)49-45-17-9-7-15-41(45)43-31-37(23-29-47(43)49)38-24-30-48-44(32-38)42-16-8-10-18-46(42)50(48)40-27-21-36(22-28-40)34-13-5-2-6-14-34;1-2-12-31(13-3-1)41-37-16-8-6-14-33(37)35-25-29(19-22-39(35)41)30-20-23-40-36(26-30)34-15-7-9-17-38(34)42(40)32-21-18-27-10-4-5-11-28(27)24-32/h1-35H;1-32H;1-26H. The summed E-state index contributed by atoms with van der Waals surface area (Å²) in [6.45, 7) is 0. The molecule has 31 aromatic rings. The summed E-state index contributed by atoms with van der Waals surface area (Å²) < 4.78 is 16.7. The summed E-state index contributed by atoms with van der Waals surface area (Å²) in [5, 5.41) is 20.1. The van der Waals surface area contributed by atoms with Crippen molar-refractivity contribution in [3.8, 4) is 107 Å². The van der Waals surface area contributed by atoms with Crippen molar-refractivity contribution >= 4 is 163 Å². The first-order chi connectivity index (χ1) is 73.9. The summed E-state index contributed by atoms with van der Waals surface area (Å²) in [4.78, 5) is 0. The molecule has 0 amide bonds. The molecule has 0 aliphatic rings. The van der Waals surface area contributed by atoms with Gasteiger partial charge >= 0.3 is 0 Å². The van der Waals surface area contributed by atoms with Gasteiger partial charge in [-0.05, 0) is 296 Å². The predicted molar refractivity (Wildman–Crippen MR) is 630 cm³/mol. The average molecular weight is 1900 g/mol. The first-order valence-electron chi connectivity index (χ1n) is 51.2. The molecule has 0 aliphatic heterocycles. The van der Waals surface area contributed by atoms with Crippen molar-refractivity contribution in [3.63, 3.8) is 0 Å². The number of para-hydroxylation sites is 10. The maximum Gasteiger partial charge on any atom is 0.0541 e. The average Bonchev–Trinajstić information content (AvgIpc) is 1.57. The number of benzene rings is 24. The van der Waals surface area contributed by atoms with E-state index in [1.54, 1.807) is 0 Å². The van der Waals surface area contributed by atoms with Crippen LogP contribution in [0.15, 0.2) is 564 Å². The van der Waals surface area contributed by atoms with Gasteiger partial charge in [0, 0.05) is 115 Å². The SMILES string of the molecule is c1ccc(-c2ccc(-n3c4ccccc4c4cc(-c5ccc6c(c5)c5ccccc5n6-c5ccc(-c6ccccc6)cc5)ccc43)cc2)cc1.c1ccc(-n2c3ccccc3c3cc(-c4ccc5c(c4)c4cc(-c6ccc7c(c6)c6ccccc6n7-c6ccccc6)ccc4n5-c4ccccc4)ccc32)cc1.c1ccc(-n2c3ccccc3c3cc(-c4ccc5c(c4)c4ccccc4n5-c4ccc5ccccc5c4)ccc32)cc1. The number of nitrogens with zero attached hydrogens (tertiary/aromatic N) is 7. The molecule has 0 bridgehead atoms. The van der Waals surface area contributed by atoms with Crippen LogP contribution in [0.2, 0.25) is 0 Å². The maximum absolute atomic E-state index is 2.41. The monoisotopic (exact) mass is 1900 g/mol. The molecule has 0 atom stereocenters. The summed E-state index contributed by atoms with van der Waals surface area (Å²) in [6.07, 6.45) is 0. The Labute approximate surface area is 859 Å². The van der Waals surface area contributed by atoms with Crippen molar-refractivity contribution < 1.29 is 0 Å². The second-order valence-corrected chi connectivity index (χ2v) is 39.0.